The summed E-state index contributed by atoms with van der Waals surface area (Å²) in [7, 11) is -2.96. The Morgan fingerprint density at radius 2 is 1.95 bits per heavy atom. The lowest BCUT2D eigenvalue weighted by Crippen LogP contribution is -2.21. The van der Waals surface area contributed by atoms with Gasteiger partial charge in [-0.1, -0.05) is 18.6 Å². The predicted molar refractivity (Wildman–Crippen MR) is 86.5 cm³/mol. The Hall–Kier alpha value is -1.40. The van der Waals surface area contributed by atoms with Crippen LogP contribution in [0.1, 0.15) is 31.2 Å². The maximum Gasteiger partial charge on any atom is 0.224 e. The molecule has 22 heavy (non-hydrogen) atoms. The largest absolute Gasteiger partial charge is 0.393 e. The summed E-state index contributed by atoms with van der Waals surface area (Å²) >= 11 is 0. The second-order valence-electron chi connectivity index (χ2n) is 6.09. The minimum absolute atomic E-state index is 0.0639. The van der Waals surface area contributed by atoms with E-state index in [9.17, 15) is 18.3 Å². The third-order valence-corrected chi connectivity index (χ3v) is 5.01. The van der Waals surface area contributed by atoms with Gasteiger partial charge in [0.15, 0.2) is 0 Å². The van der Waals surface area contributed by atoms with Crippen LogP contribution in [0.25, 0.3) is 0 Å². The zero-order chi connectivity index (χ0) is 16.2. The standard InChI is InChI=1S/C16H23NO4S/c1-22(20,21)10-9-12-5-7-14(8-6-12)17-16(19)11-13-3-2-4-15(13)18/h5-8,13,15,18H,2-4,9-11H2,1H3,(H,17,19)/t13-,15+/m0/s1. The van der Waals surface area contributed by atoms with Crippen LogP contribution in [0.5, 0.6) is 0 Å². The average Bonchev–Trinajstić information content (AvgIpc) is 2.82. The molecule has 0 radical (unpaired) electrons. The molecule has 2 atom stereocenters. The summed E-state index contributed by atoms with van der Waals surface area (Å²) in [6.07, 6.45) is 4.35. The Kier molecular flexibility index (Phi) is 5.58. The van der Waals surface area contributed by atoms with Crippen molar-refractivity contribution in [2.24, 2.45) is 5.92 Å². The first-order valence-electron chi connectivity index (χ1n) is 7.58. The summed E-state index contributed by atoms with van der Waals surface area (Å²) in [6.45, 7) is 0. The van der Waals surface area contributed by atoms with Crippen LogP contribution >= 0.6 is 0 Å². The topological polar surface area (TPSA) is 83.5 Å². The zero-order valence-corrected chi connectivity index (χ0v) is 13.6. The fourth-order valence-corrected chi connectivity index (χ4v) is 3.37. The summed E-state index contributed by atoms with van der Waals surface area (Å²) in [5.74, 6) is 0.0991. The minimum Gasteiger partial charge on any atom is -0.393 e. The first-order valence-corrected chi connectivity index (χ1v) is 9.64. The van der Waals surface area contributed by atoms with Crippen molar-refractivity contribution in [3.63, 3.8) is 0 Å². The number of amides is 1. The molecule has 6 heteroatoms. The molecule has 0 heterocycles. The number of hydrogen-bond donors (Lipinski definition) is 2. The van der Waals surface area contributed by atoms with E-state index in [1.165, 1.54) is 6.26 Å². The molecule has 0 spiro atoms. The Morgan fingerprint density at radius 3 is 2.50 bits per heavy atom. The van der Waals surface area contributed by atoms with Crippen molar-refractivity contribution < 1.29 is 18.3 Å². The van der Waals surface area contributed by atoms with E-state index in [0.717, 1.165) is 24.8 Å². The smallest absolute Gasteiger partial charge is 0.224 e. The molecule has 0 aliphatic heterocycles. The lowest BCUT2D eigenvalue weighted by atomic mass is 10.0. The summed E-state index contributed by atoms with van der Waals surface area (Å²) in [5.41, 5.74) is 1.62. The minimum atomic E-state index is -2.96. The van der Waals surface area contributed by atoms with E-state index in [1.807, 2.05) is 12.1 Å². The number of benzene rings is 1. The Balaban J connectivity index is 1.84. The maximum atomic E-state index is 12.0. The van der Waals surface area contributed by atoms with Crippen LogP contribution < -0.4 is 5.32 Å². The van der Waals surface area contributed by atoms with Gasteiger partial charge >= 0.3 is 0 Å². The van der Waals surface area contributed by atoms with E-state index in [0.29, 0.717) is 18.5 Å². The normalized spacial score (nSPS) is 21.7. The highest BCUT2D eigenvalue weighted by Gasteiger charge is 2.27. The molecule has 1 aromatic carbocycles. The number of aliphatic hydroxyl groups excluding tert-OH is 1. The average molecular weight is 325 g/mol. The van der Waals surface area contributed by atoms with Crippen molar-refractivity contribution in [1.82, 2.24) is 0 Å². The molecule has 0 bridgehead atoms. The SMILES string of the molecule is CS(=O)(=O)CCc1ccc(NC(=O)C[C@@H]2CCC[C@H]2O)cc1. The van der Waals surface area contributed by atoms with Crippen LogP contribution in [0, 0.1) is 5.92 Å². The molecule has 2 rings (SSSR count). The fraction of sp³-hybridized carbons (Fsp3) is 0.562. The molecule has 122 valence electrons. The second kappa shape index (κ2) is 7.24. The highest BCUT2D eigenvalue weighted by atomic mass is 32.2. The molecule has 2 N–H and O–H groups in total. The second-order valence-corrected chi connectivity index (χ2v) is 8.35. The molecular formula is C16H23NO4S. The van der Waals surface area contributed by atoms with Gasteiger partial charge in [0.1, 0.15) is 9.84 Å². The van der Waals surface area contributed by atoms with Crippen molar-refractivity contribution in [2.75, 3.05) is 17.3 Å². The van der Waals surface area contributed by atoms with Gasteiger partial charge in [0, 0.05) is 18.4 Å². The van der Waals surface area contributed by atoms with Gasteiger partial charge in [-0.2, -0.15) is 0 Å². The number of hydrogen-bond acceptors (Lipinski definition) is 4. The molecule has 1 fully saturated rings. The number of nitrogens with one attached hydrogen (secondary N) is 1. The van der Waals surface area contributed by atoms with Crippen molar-refractivity contribution in [2.45, 2.75) is 38.2 Å². The summed E-state index contributed by atoms with van der Waals surface area (Å²) in [4.78, 5) is 12.0. The van der Waals surface area contributed by atoms with Crippen LogP contribution in [0.15, 0.2) is 24.3 Å². The van der Waals surface area contributed by atoms with E-state index in [1.54, 1.807) is 12.1 Å². The molecule has 1 aliphatic carbocycles. The van der Waals surface area contributed by atoms with Crippen molar-refractivity contribution in [1.29, 1.82) is 0 Å². The van der Waals surface area contributed by atoms with Gasteiger partial charge in [-0.15, -0.1) is 0 Å². The number of anilines is 1. The number of aliphatic hydroxyl groups is 1. The van der Waals surface area contributed by atoms with Gasteiger partial charge in [-0.3, -0.25) is 4.79 Å². The third-order valence-electron chi connectivity index (χ3n) is 4.07. The van der Waals surface area contributed by atoms with Gasteiger partial charge in [0.2, 0.25) is 5.91 Å². The maximum absolute atomic E-state index is 12.0. The summed E-state index contributed by atoms with van der Waals surface area (Å²) in [5, 5.41) is 12.6. The monoisotopic (exact) mass is 325 g/mol. The van der Waals surface area contributed by atoms with E-state index >= 15 is 0 Å². The predicted octanol–water partition coefficient (Wildman–Crippen LogP) is 1.76. The molecule has 5 nitrogen and oxygen atoms in total. The third kappa shape index (κ3) is 5.42. The fourth-order valence-electron chi connectivity index (χ4n) is 2.76. The first kappa shape index (κ1) is 17.0. The van der Waals surface area contributed by atoms with Gasteiger partial charge in [-0.05, 0) is 42.9 Å². The molecule has 1 aliphatic rings. The van der Waals surface area contributed by atoms with Gasteiger partial charge in [0.05, 0.1) is 11.9 Å². The summed E-state index contributed by atoms with van der Waals surface area (Å²) in [6, 6.07) is 7.21. The van der Waals surface area contributed by atoms with E-state index < -0.39 is 9.84 Å². The number of sulfone groups is 1. The molecule has 1 aromatic rings. The highest BCUT2D eigenvalue weighted by molar-refractivity contribution is 7.90. The van der Waals surface area contributed by atoms with Crippen LogP contribution in [0.3, 0.4) is 0 Å². The highest BCUT2D eigenvalue weighted by Crippen LogP contribution is 2.28. The van der Waals surface area contributed by atoms with Crippen LogP contribution in [0.2, 0.25) is 0 Å². The van der Waals surface area contributed by atoms with Crippen molar-refractivity contribution >= 4 is 21.4 Å². The molecular weight excluding hydrogens is 302 g/mol. The molecule has 0 saturated heterocycles. The van der Waals surface area contributed by atoms with Crippen LogP contribution in [-0.2, 0) is 21.1 Å². The Bertz CT molecular complexity index is 610. The van der Waals surface area contributed by atoms with E-state index in [2.05, 4.69) is 5.32 Å². The summed E-state index contributed by atoms with van der Waals surface area (Å²) < 4.78 is 22.3. The lowest BCUT2D eigenvalue weighted by Gasteiger charge is -2.14. The van der Waals surface area contributed by atoms with Crippen LogP contribution in [0.4, 0.5) is 5.69 Å². The first-order chi connectivity index (χ1) is 10.3. The van der Waals surface area contributed by atoms with Gasteiger partial charge in [-0.25, -0.2) is 8.42 Å². The van der Waals surface area contributed by atoms with Crippen molar-refractivity contribution in [3.8, 4) is 0 Å². The van der Waals surface area contributed by atoms with Gasteiger partial charge in [0.25, 0.3) is 0 Å². The molecule has 1 saturated carbocycles. The molecule has 1 amide bonds. The van der Waals surface area contributed by atoms with Gasteiger partial charge < -0.3 is 10.4 Å². The number of carbonyl (C=O) groups is 1. The van der Waals surface area contributed by atoms with Crippen molar-refractivity contribution in [3.05, 3.63) is 29.8 Å². The lowest BCUT2D eigenvalue weighted by molar-refractivity contribution is -0.117. The number of carbonyl (C=O) groups excluding carboxylic acids is 1. The molecule has 0 unspecified atom stereocenters. The Morgan fingerprint density at radius 1 is 1.27 bits per heavy atom. The Labute approximate surface area is 131 Å². The number of rotatable bonds is 6. The van der Waals surface area contributed by atoms with E-state index in [-0.39, 0.29) is 23.7 Å². The van der Waals surface area contributed by atoms with Crippen LogP contribution in [-0.4, -0.2) is 37.5 Å². The molecule has 0 aromatic heterocycles. The quantitative estimate of drug-likeness (QED) is 0.835. The number of aryl methyl sites for hydroxylation is 1. The zero-order valence-electron chi connectivity index (χ0n) is 12.8. The van der Waals surface area contributed by atoms with E-state index in [4.69, 9.17) is 0 Å².